The van der Waals surface area contributed by atoms with Gasteiger partial charge in [0.2, 0.25) is 5.91 Å². The number of benzene rings is 3. The van der Waals surface area contributed by atoms with Crippen LogP contribution in [0.15, 0.2) is 84.9 Å². The van der Waals surface area contributed by atoms with Crippen LogP contribution in [0.4, 0.5) is 11.5 Å². The fraction of sp³-hybridized carbons (Fsp3) is 0.265. The van der Waals surface area contributed by atoms with Crippen molar-refractivity contribution in [3.63, 3.8) is 0 Å². The minimum atomic E-state index is 0.0386. The number of rotatable bonds is 8. The van der Waals surface area contributed by atoms with E-state index in [0.717, 1.165) is 74.8 Å². The number of nitrogens with one attached hydrogen (secondary N) is 2. The van der Waals surface area contributed by atoms with E-state index in [1.165, 1.54) is 0 Å². The van der Waals surface area contributed by atoms with Crippen molar-refractivity contribution in [3.8, 4) is 21.8 Å². The molecule has 2 N–H and O–H groups in total. The molecule has 1 amide bonds. The summed E-state index contributed by atoms with van der Waals surface area (Å²) in [7, 11) is 4.12. The molecule has 1 aliphatic carbocycles. The van der Waals surface area contributed by atoms with Gasteiger partial charge in [0.25, 0.3) is 0 Å². The highest BCUT2D eigenvalue weighted by Gasteiger charge is 2.24. The van der Waals surface area contributed by atoms with Crippen molar-refractivity contribution >= 4 is 51.3 Å². The number of thiazole rings is 1. The van der Waals surface area contributed by atoms with Gasteiger partial charge >= 0.3 is 0 Å². The molecule has 1 fully saturated rings. The zero-order valence-electron chi connectivity index (χ0n) is 23.8. The topological polar surface area (TPSA) is 70.2 Å². The highest BCUT2D eigenvalue weighted by atomic mass is 35.5. The van der Waals surface area contributed by atoms with Gasteiger partial charge in [0.15, 0.2) is 0 Å². The summed E-state index contributed by atoms with van der Waals surface area (Å²) in [6.45, 7) is 0. The Kier molecular flexibility index (Phi) is 8.40. The number of hydrogen-bond donors (Lipinski definition) is 2. The highest BCUT2D eigenvalue weighted by Crippen LogP contribution is 2.35. The first-order valence-electron chi connectivity index (χ1n) is 14.4. The second-order valence-electron chi connectivity index (χ2n) is 11.0. The number of carbonyl (C=O) groups is 1. The van der Waals surface area contributed by atoms with E-state index in [0.29, 0.717) is 17.5 Å². The maximum atomic E-state index is 13.3. The number of aromatic nitrogens is 2. The lowest BCUT2D eigenvalue weighted by Crippen LogP contribution is -2.40. The zero-order valence-corrected chi connectivity index (χ0v) is 25.4. The van der Waals surface area contributed by atoms with E-state index in [-0.39, 0.29) is 11.9 Å². The maximum Gasteiger partial charge on any atom is 0.225 e. The van der Waals surface area contributed by atoms with E-state index in [1.54, 1.807) is 11.3 Å². The van der Waals surface area contributed by atoms with Gasteiger partial charge < -0.3 is 15.5 Å². The van der Waals surface area contributed by atoms with Crippen molar-refractivity contribution in [1.29, 1.82) is 0 Å². The van der Waals surface area contributed by atoms with Crippen LogP contribution in [0.1, 0.15) is 30.6 Å². The van der Waals surface area contributed by atoms with Crippen molar-refractivity contribution < 1.29 is 4.79 Å². The summed E-state index contributed by atoms with van der Waals surface area (Å²) < 4.78 is 0. The van der Waals surface area contributed by atoms with Crippen LogP contribution in [-0.4, -0.2) is 42.1 Å². The van der Waals surface area contributed by atoms with Gasteiger partial charge in [-0.3, -0.25) is 4.79 Å². The smallest absolute Gasteiger partial charge is 0.225 e. The number of pyridine rings is 1. The van der Waals surface area contributed by atoms with Gasteiger partial charge in [-0.2, -0.15) is 0 Å². The molecule has 0 spiro atoms. The molecule has 1 aliphatic rings. The van der Waals surface area contributed by atoms with Crippen LogP contribution in [0.25, 0.3) is 32.7 Å². The van der Waals surface area contributed by atoms with E-state index in [9.17, 15) is 4.79 Å². The third kappa shape index (κ3) is 6.42. The van der Waals surface area contributed by atoms with E-state index < -0.39 is 0 Å². The van der Waals surface area contributed by atoms with Crippen molar-refractivity contribution in [3.05, 3.63) is 94.8 Å². The summed E-state index contributed by atoms with van der Waals surface area (Å²) in [6, 6.07) is 28.6. The van der Waals surface area contributed by atoms with Gasteiger partial charge in [0.05, 0.1) is 17.6 Å². The Morgan fingerprint density at radius 3 is 2.31 bits per heavy atom. The molecule has 42 heavy (non-hydrogen) atoms. The number of anilines is 2. The molecule has 5 aromatic rings. The van der Waals surface area contributed by atoms with E-state index >= 15 is 0 Å². The third-order valence-corrected chi connectivity index (χ3v) is 9.13. The molecule has 0 radical (unpaired) electrons. The van der Waals surface area contributed by atoms with Crippen LogP contribution >= 0.6 is 22.9 Å². The Hall–Kier alpha value is -3.94. The zero-order chi connectivity index (χ0) is 29.1. The van der Waals surface area contributed by atoms with Crippen LogP contribution in [0.2, 0.25) is 5.02 Å². The van der Waals surface area contributed by atoms with Crippen molar-refractivity contribution in [2.24, 2.45) is 0 Å². The summed E-state index contributed by atoms with van der Waals surface area (Å²) in [5, 5.41) is 9.71. The molecule has 2 aromatic heterocycles. The number of para-hydroxylation sites is 1. The van der Waals surface area contributed by atoms with Gasteiger partial charge in [-0.1, -0.05) is 72.3 Å². The molecular formula is C34H34ClN5OS. The average molecular weight is 596 g/mol. The first-order chi connectivity index (χ1) is 20.4. The van der Waals surface area contributed by atoms with Gasteiger partial charge in [0.1, 0.15) is 10.8 Å². The molecule has 0 unspecified atom stereocenters. The lowest BCUT2D eigenvalue weighted by Gasteiger charge is -2.30. The summed E-state index contributed by atoms with van der Waals surface area (Å²) in [5.74, 6) is 0.940. The molecule has 214 valence electrons. The van der Waals surface area contributed by atoms with Crippen molar-refractivity contribution in [1.82, 2.24) is 15.3 Å². The van der Waals surface area contributed by atoms with E-state index in [1.807, 2.05) is 48.5 Å². The molecule has 0 saturated heterocycles. The predicted octanol–water partition coefficient (Wildman–Crippen LogP) is 7.83. The SMILES string of the molecule is CN(C)c1cc(NC2CCC(NC(=O)Cc3sc(-c4ccccc4)nc3-c3ccc(Cl)cc3)CC2)nc2ccccc12. The minimum Gasteiger partial charge on any atom is -0.377 e. The summed E-state index contributed by atoms with van der Waals surface area (Å²) >= 11 is 7.72. The molecule has 6 nitrogen and oxygen atoms in total. The predicted molar refractivity (Wildman–Crippen MR) is 176 cm³/mol. The van der Waals surface area contributed by atoms with Crippen LogP contribution in [-0.2, 0) is 11.2 Å². The maximum absolute atomic E-state index is 13.3. The van der Waals surface area contributed by atoms with E-state index in [2.05, 4.69) is 66.0 Å². The molecule has 8 heteroatoms. The number of nitrogens with zero attached hydrogens (tertiary/aromatic N) is 3. The Balaban J connectivity index is 1.10. The quantitative estimate of drug-likeness (QED) is 0.191. The largest absolute Gasteiger partial charge is 0.377 e. The Bertz CT molecular complexity index is 1680. The highest BCUT2D eigenvalue weighted by molar-refractivity contribution is 7.15. The number of amides is 1. The summed E-state index contributed by atoms with van der Waals surface area (Å²) in [4.78, 5) is 26.2. The molecule has 3 aromatic carbocycles. The Labute approximate surface area is 255 Å². The van der Waals surface area contributed by atoms with Crippen molar-refractivity contribution in [2.75, 3.05) is 24.3 Å². The normalized spacial score (nSPS) is 16.7. The molecule has 0 bridgehead atoms. The number of carbonyl (C=O) groups excluding carboxylic acids is 1. The molecule has 0 aliphatic heterocycles. The lowest BCUT2D eigenvalue weighted by molar-refractivity contribution is -0.121. The molecule has 0 atom stereocenters. The van der Waals surface area contributed by atoms with Gasteiger partial charge in [0, 0.05) is 64.3 Å². The standard InChI is InChI=1S/C34H34ClN5OS/c1-40(2)29-20-31(38-28-11-7-6-10-27(28)29)36-25-16-18-26(19-17-25)37-32(41)21-30-33(22-12-14-24(35)15-13-22)39-34(42-30)23-8-4-3-5-9-23/h3-15,20,25-26H,16-19,21H2,1-2H3,(H,36,38)(H,37,41). The second kappa shape index (κ2) is 12.5. The fourth-order valence-electron chi connectivity index (χ4n) is 5.63. The van der Waals surface area contributed by atoms with Gasteiger partial charge in [-0.15, -0.1) is 11.3 Å². The molecule has 2 heterocycles. The molecule has 6 rings (SSSR count). The first-order valence-corrected chi connectivity index (χ1v) is 15.6. The van der Waals surface area contributed by atoms with Crippen molar-refractivity contribution in [2.45, 2.75) is 44.2 Å². The first kappa shape index (κ1) is 28.2. The molecule has 1 saturated carbocycles. The second-order valence-corrected chi connectivity index (χ2v) is 12.6. The monoisotopic (exact) mass is 595 g/mol. The Morgan fingerprint density at radius 2 is 1.57 bits per heavy atom. The van der Waals surface area contributed by atoms with Crippen LogP contribution in [0, 0.1) is 0 Å². The minimum absolute atomic E-state index is 0.0386. The molecular weight excluding hydrogens is 562 g/mol. The average Bonchev–Trinajstić information content (AvgIpc) is 3.42. The lowest BCUT2D eigenvalue weighted by atomic mass is 9.91. The van der Waals surface area contributed by atoms with Gasteiger partial charge in [-0.25, -0.2) is 9.97 Å². The fourth-order valence-corrected chi connectivity index (χ4v) is 6.84. The summed E-state index contributed by atoms with van der Waals surface area (Å²) in [6.07, 6.45) is 4.12. The third-order valence-electron chi connectivity index (χ3n) is 7.78. The van der Waals surface area contributed by atoms with Crippen LogP contribution < -0.4 is 15.5 Å². The number of hydrogen-bond acceptors (Lipinski definition) is 6. The van der Waals surface area contributed by atoms with Gasteiger partial charge in [-0.05, 0) is 43.9 Å². The van der Waals surface area contributed by atoms with Crippen LogP contribution in [0.3, 0.4) is 0 Å². The summed E-state index contributed by atoms with van der Waals surface area (Å²) in [5.41, 5.74) is 5.00. The number of fused-ring (bicyclic) bond motifs is 1. The Morgan fingerprint density at radius 1 is 0.881 bits per heavy atom. The van der Waals surface area contributed by atoms with E-state index in [4.69, 9.17) is 21.6 Å². The number of halogens is 1. The van der Waals surface area contributed by atoms with Crippen LogP contribution in [0.5, 0.6) is 0 Å².